The third-order valence-electron chi connectivity index (χ3n) is 19.8. The highest BCUT2D eigenvalue weighted by Gasteiger charge is 2.43. The van der Waals surface area contributed by atoms with Crippen LogP contribution in [-0.2, 0) is 90.0 Å². The van der Waals surface area contributed by atoms with Crippen molar-refractivity contribution in [2.24, 2.45) is 0 Å². The molecule has 0 aliphatic carbocycles. The average Bonchev–Trinajstić information content (AvgIpc) is 1.62. The second-order valence-corrected chi connectivity index (χ2v) is 30.9. The van der Waals surface area contributed by atoms with Crippen molar-refractivity contribution in [2.45, 2.75) is 130 Å². The number of aliphatic hydroxyl groups excluding tert-OH is 1. The molecule has 3 aliphatic rings. The fraction of sp³-hybridized carbons (Fsp3) is 0.305. The maximum Gasteiger partial charge on any atom is 0.245 e. The van der Waals surface area contributed by atoms with Gasteiger partial charge in [-0.3, -0.25) is 57.2 Å². The molecule has 0 radical (unpaired) electrons. The molecule has 15 rings (SSSR count). The molecule has 0 saturated carbocycles. The lowest BCUT2D eigenvalue weighted by molar-refractivity contribution is -0.138. The third-order valence-corrected chi connectivity index (χ3v) is 21.6. The van der Waals surface area contributed by atoms with Crippen LogP contribution in [0, 0.1) is 20.8 Å². The zero-order valence-corrected chi connectivity index (χ0v) is 72.8. The minimum absolute atomic E-state index is 0. The molecule has 3 saturated heterocycles. The monoisotopic (exact) mass is 1940 g/mol. The molecule has 6 atom stereocenters. The SMILES string of the molecule is C.CC(=O)c1nn(CC(=O)N2C[C@H](F)C[C@H]2C(=O)Cc2cccc(Br)n2)c2ccc(-c3cnc(C)nc3)cc12.Cc1ncc(-c2ccc3c(c2)c(C(=O)CBr)nn3CC(=O)N2C[C@H](F)C[C@H]2C(=O)Cc2cccc(Br)n2)cn1.Cc1ncc(-c2ccc3c(c2)c(C(=O)CO)nn3CC(=O)N2C[C@H](F)C[C@H]2C(=O)Cc2cccc(Br)n2)cn1.S.S=S. The molecule has 3 fully saturated rings. The molecule has 28 nitrogen and oxygen atoms in total. The van der Waals surface area contributed by atoms with Gasteiger partial charge in [-0.2, -0.15) is 28.8 Å². The van der Waals surface area contributed by atoms with E-state index in [0.717, 1.165) is 33.4 Å². The maximum atomic E-state index is 14.5. The highest BCUT2D eigenvalue weighted by molar-refractivity contribution is 9.11. The molecule has 1 N–H and O–H groups in total. The molecular weight excluding hydrogens is 1870 g/mol. The van der Waals surface area contributed by atoms with Crippen LogP contribution in [0.5, 0.6) is 0 Å². The van der Waals surface area contributed by atoms with Crippen LogP contribution in [0.4, 0.5) is 13.2 Å². The Bertz CT molecular complexity index is 5630. The van der Waals surface area contributed by atoms with Gasteiger partial charge in [0.15, 0.2) is 28.9 Å². The van der Waals surface area contributed by atoms with Crippen LogP contribution < -0.4 is 0 Å². The first-order valence-electron chi connectivity index (χ1n) is 36.7. The normalized spacial score (nSPS) is 16.6. The van der Waals surface area contributed by atoms with Crippen LogP contribution in [0.2, 0.25) is 0 Å². The van der Waals surface area contributed by atoms with Crippen LogP contribution in [0.3, 0.4) is 0 Å². The summed E-state index contributed by atoms with van der Waals surface area (Å²) in [4.78, 5) is 159. The summed E-state index contributed by atoms with van der Waals surface area (Å²) < 4.78 is 49.3. The summed E-state index contributed by atoms with van der Waals surface area (Å²) in [5.74, 6) is -1.46. The van der Waals surface area contributed by atoms with Crippen molar-refractivity contribution in [2.75, 3.05) is 31.6 Å². The fourth-order valence-corrected chi connectivity index (χ4v) is 15.6. The van der Waals surface area contributed by atoms with Crippen molar-refractivity contribution in [3.05, 3.63) is 212 Å². The van der Waals surface area contributed by atoms with E-state index in [1.807, 2.05) is 24.3 Å². The Morgan fingerprint density at radius 2 is 0.717 bits per heavy atom. The summed E-state index contributed by atoms with van der Waals surface area (Å²) in [6.07, 6.45) is 5.91. The Morgan fingerprint density at radius 3 is 0.992 bits per heavy atom. The smallest absolute Gasteiger partial charge is 0.245 e. The molecule has 38 heteroatoms. The minimum atomic E-state index is -1.33. The number of ketones is 6. The van der Waals surface area contributed by atoms with Gasteiger partial charge in [-0.05, 0) is 158 Å². The summed E-state index contributed by atoms with van der Waals surface area (Å²) in [5.41, 5.74) is 8.27. The first-order chi connectivity index (χ1) is 56.6. The van der Waals surface area contributed by atoms with Crippen molar-refractivity contribution < 1.29 is 61.4 Å². The molecular formula is C82H77Br4F3N18O10S3. The highest BCUT2D eigenvalue weighted by Crippen LogP contribution is 2.34. The number of hydrogen-bond acceptors (Lipinski definition) is 24. The number of nitrogens with zero attached hydrogens (tertiary/aromatic N) is 18. The van der Waals surface area contributed by atoms with E-state index in [-0.39, 0.29) is 150 Å². The number of rotatable bonds is 23. The van der Waals surface area contributed by atoms with Crippen LogP contribution in [0.25, 0.3) is 66.1 Å². The number of halogens is 7. The number of amides is 3. The summed E-state index contributed by atoms with van der Waals surface area (Å²) in [6, 6.07) is 29.0. The van der Waals surface area contributed by atoms with Crippen LogP contribution in [0.1, 0.15) is 99.6 Å². The van der Waals surface area contributed by atoms with E-state index in [1.54, 1.807) is 143 Å². The molecule has 3 amide bonds. The standard InChI is InChI=1S/C27H23Br2FN6O3.C27H24BrFN6O4.C27H24BrFN6O3.CH4.S2.H2S/c1-15-31-11-17(12-32-15)16-5-6-21-20(7-16)27(24(38)10-28)34-36(21)14-26(39)35-13-18(30)8-22(35)23(37)9-19-3-2-4-25(29)33-19;1-15-30-10-17(11-31-15)16-5-6-21-20(7-16)27(24(38)14-36)33-35(21)13-26(39)34-12-18(29)8-22(34)23(37)9-19-3-2-4-25(28)32-19;1-15(36)27-21-8-17(18-11-30-16(2)31-12-18)6-7-22(21)35(33-27)14-26(38)34-13-19(29)9-23(34)24(37)10-20-4-3-5-25(28)32-20;;1-2;/h2-7,11-12,18,22H,8-10,13-14H2,1H3;2-7,10-11,18,22,36H,8-9,12-14H2,1H3;3-8,11-12,19,23H,9-10,13-14H2,1-2H3;1H4;;1H2/t2*18-,22+;19-,23+;;;/m111.../s1. The van der Waals surface area contributed by atoms with Gasteiger partial charge in [0, 0.05) is 136 Å². The highest BCUT2D eigenvalue weighted by atomic mass is 79.9. The lowest BCUT2D eigenvalue weighted by atomic mass is 10.0. The minimum Gasteiger partial charge on any atom is -0.388 e. The van der Waals surface area contributed by atoms with Gasteiger partial charge in [0.25, 0.3) is 0 Å². The summed E-state index contributed by atoms with van der Waals surface area (Å²) >= 11 is 20.4. The number of alkyl halides is 4. The number of aryl methyl sites for hydroxylation is 3. The van der Waals surface area contributed by atoms with Gasteiger partial charge in [-0.1, -0.05) is 59.8 Å². The van der Waals surface area contributed by atoms with Crippen LogP contribution in [0.15, 0.2) is 160 Å². The van der Waals surface area contributed by atoms with Gasteiger partial charge in [-0.15, -0.1) is 0 Å². The number of likely N-dealkylation sites (tertiary alicyclic amines) is 3. The first kappa shape index (κ1) is 91.9. The summed E-state index contributed by atoms with van der Waals surface area (Å²) in [5, 5.41) is 24.3. The lowest BCUT2D eigenvalue weighted by Gasteiger charge is -2.23. The second-order valence-electron chi connectivity index (χ2n) is 27.9. The molecule has 0 unspecified atom stereocenters. The van der Waals surface area contributed by atoms with Gasteiger partial charge < -0.3 is 19.8 Å². The lowest BCUT2D eigenvalue weighted by Crippen LogP contribution is -2.43. The van der Waals surface area contributed by atoms with Gasteiger partial charge >= 0.3 is 0 Å². The zero-order valence-electron chi connectivity index (χ0n) is 63.9. The third kappa shape index (κ3) is 21.9. The van der Waals surface area contributed by atoms with E-state index in [0.29, 0.717) is 81.1 Å². The van der Waals surface area contributed by atoms with Crippen molar-refractivity contribution in [1.82, 2.24) is 88.9 Å². The Hall–Kier alpha value is -10.4. The van der Waals surface area contributed by atoms with E-state index >= 15 is 0 Å². The number of aromatic nitrogens is 15. The molecule has 3 aromatic carbocycles. The Kier molecular flexibility index (Phi) is 31.6. The van der Waals surface area contributed by atoms with Gasteiger partial charge in [0.1, 0.15) is 93.1 Å². The van der Waals surface area contributed by atoms with Gasteiger partial charge in [0.2, 0.25) is 23.5 Å². The molecule has 120 heavy (non-hydrogen) atoms. The topological polar surface area (TPSA) is 353 Å². The van der Waals surface area contributed by atoms with E-state index < -0.39 is 66.8 Å². The Labute approximate surface area is 736 Å². The van der Waals surface area contributed by atoms with Crippen LogP contribution >= 0.6 is 77.2 Å². The van der Waals surface area contributed by atoms with Crippen molar-refractivity contribution >= 4 is 185 Å². The number of pyridine rings is 3. The summed E-state index contributed by atoms with van der Waals surface area (Å²) in [6.45, 7) is 4.67. The summed E-state index contributed by atoms with van der Waals surface area (Å²) in [7, 11) is 0. The molecule has 0 spiro atoms. The van der Waals surface area contributed by atoms with E-state index in [9.17, 15) is 61.4 Å². The van der Waals surface area contributed by atoms with Crippen molar-refractivity contribution in [3.63, 3.8) is 0 Å². The van der Waals surface area contributed by atoms with E-state index in [1.165, 1.54) is 35.7 Å². The Balaban J connectivity index is 0.000000186. The predicted molar refractivity (Wildman–Crippen MR) is 465 cm³/mol. The zero-order chi connectivity index (χ0) is 84.3. The second kappa shape index (κ2) is 41.3. The average molecular weight is 1950 g/mol. The number of Topliss-reactive ketones (excluding diaryl/α,β-unsaturated/α-hetero) is 6. The Morgan fingerprint density at radius 1 is 0.433 bits per heavy atom. The number of carbonyl (C=O) groups excluding carboxylic acids is 9. The molecule has 12 heterocycles. The maximum absolute atomic E-state index is 14.5. The van der Waals surface area contributed by atoms with Crippen molar-refractivity contribution in [3.8, 4) is 33.4 Å². The fourth-order valence-electron chi connectivity index (χ4n) is 14.2. The van der Waals surface area contributed by atoms with Crippen LogP contribution in [-0.4, -0.2) is 215 Å². The number of aliphatic hydroxyl groups is 1. The van der Waals surface area contributed by atoms with Gasteiger partial charge in [-0.25, -0.2) is 58.0 Å². The van der Waals surface area contributed by atoms with E-state index in [4.69, 9.17) is 0 Å². The molecule has 3 aliphatic heterocycles. The molecule has 12 aromatic rings. The first-order valence-corrected chi connectivity index (χ1v) is 41.5. The molecule has 0 bridgehead atoms. The van der Waals surface area contributed by atoms with E-state index in [2.05, 4.69) is 146 Å². The van der Waals surface area contributed by atoms with Gasteiger partial charge in [0.05, 0.1) is 78.9 Å². The number of fused-ring (bicyclic) bond motifs is 3. The quantitative estimate of drug-likeness (QED) is 0.0353. The van der Waals surface area contributed by atoms with Crippen molar-refractivity contribution in [1.29, 1.82) is 0 Å². The number of hydrogen-bond donors (Lipinski definition) is 1. The number of benzene rings is 3. The predicted octanol–water partition coefficient (Wildman–Crippen LogP) is 11.8. The number of carbonyl (C=O) groups is 9. The largest absolute Gasteiger partial charge is 0.388 e. The molecule has 622 valence electrons. The molecule has 9 aromatic heterocycles.